The van der Waals surface area contributed by atoms with Crippen molar-refractivity contribution in [3.05, 3.63) is 138 Å². The molecule has 7 rings (SSSR count). The number of hydrogen-bond donors (Lipinski definition) is 1. The van der Waals surface area contributed by atoms with Gasteiger partial charge in [-0.2, -0.15) is 4.48 Å². The predicted octanol–water partition coefficient (Wildman–Crippen LogP) is 8.74. The fourth-order valence-electron chi connectivity index (χ4n) is 9.50. The van der Waals surface area contributed by atoms with Crippen LogP contribution in [-0.4, -0.2) is 91.2 Å². The number of quaternary nitrogens is 1. The molecule has 0 radical (unpaired) electrons. The van der Waals surface area contributed by atoms with Gasteiger partial charge in [0.2, 0.25) is 0 Å². The molecule has 0 atom stereocenters. The third kappa shape index (κ3) is 9.84. The van der Waals surface area contributed by atoms with E-state index in [0.717, 1.165) is 65.0 Å². The van der Waals surface area contributed by atoms with E-state index in [1.165, 1.54) is 36.8 Å². The molecule has 3 heterocycles. The number of ether oxygens (including phenoxy) is 1. The normalized spacial score (nSPS) is 19.2. The van der Waals surface area contributed by atoms with Gasteiger partial charge < -0.3 is 14.5 Å². The number of piperidine rings is 3. The van der Waals surface area contributed by atoms with E-state index < -0.39 is 5.97 Å². The molecule has 294 valence electrons. The number of urea groups is 1. The summed E-state index contributed by atoms with van der Waals surface area (Å²) in [4.78, 5) is 47.1. The Balaban J connectivity index is 1.09. The van der Waals surface area contributed by atoms with Gasteiger partial charge in [-0.25, -0.2) is 14.4 Å². The number of carbonyl (C=O) groups excluding carboxylic acids is 3. The molecule has 1 N–H and O–H groups in total. The molecule has 3 aliphatic rings. The molecule has 3 saturated heterocycles. The van der Waals surface area contributed by atoms with Crippen LogP contribution in [0.2, 0.25) is 0 Å². The Labute approximate surface area is 333 Å². The number of anilines is 1. The molecule has 3 aliphatic heterocycles. The van der Waals surface area contributed by atoms with Crippen LogP contribution in [0, 0.1) is 17.3 Å². The zero-order valence-corrected chi connectivity index (χ0v) is 33.1. The Morgan fingerprint density at radius 3 is 1.64 bits per heavy atom. The molecule has 4 aromatic rings. The first kappa shape index (κ1) is 39.6. The van der Waals surface area contributed by atoms with Crippen molar-refractivity contribution in [1.29, 1.82) is 0 Å². The smallest absolute Gasteiger partial charge is 0.428 e. The zero-order chi connectivity index (χ0) is 38.8. The van der Waals surface area contributed by atoms with Gasteiger partial charge in [-0.3, -0.25) is 5.32 Å². The summed E-state index contributed by atoms with van der Waals surface area (Å²) in [6.07, 6.45) is 8.58. The molecule has 4 aromatic carbocycles. The van der Waals surface area contributed by atoms with Crippen molar-refractivity contribution < 1.29 is 23.6 Å². The third-order valence-electron chi connectivity index (χ3n) is 12.7. The molecule has 8 heteroatoms. The van der Waals surface area contributed by atoms with E-state index >= 15 is 0 Å². The Bertz CT molecular complexity index is 1810. The highest BCUT2D eigenvalue weighted by atomic mass is 16.5. The van der Waals surface area contributed by atoms with E-state index in [1.54, 1.807) is 31.2 Å². The van der Waals surface area contributed by atoms with Crippen LogP contribution in [0.5, 0.6) is 0 Å². The molecule has 0 spiro atoms. The van der Waals surface area contributed by atoms with Crippen LogP contribution >= 0.6 is 0 Å². The van der Waals surface area contributed by atoms with Crippen molar-refractivity contribution in [3.8, 4) is 0 Å². The van der Waals surface area contributed by atoms with Crippen molar-refractivity contribution >= 4 is 23.6 Å². The Hall–Kier alpha value is -4.63. The van der Waals surface area contributed by atoms with Gasteiger partial charge in [0.15, 0.2) is 0 Å². The van der Waals surface area contributed by atoms with E-state index in [2.05, 4.69) is 75.8 Å². The Kier molecular flexibility index (Phi) is 13.1. The molecule has 8 nitrogen and oxygen atoms in total. The fourth-order valence-corrected chi connectivity index (χ4v) is 9.50. The summed E-state index contributed by atoms with van der Waals surface area (Å²) in [6, 6.07) is 37.5. The number of carbonyl (C=O) groups is 3. The van der Waals surface area contributed by atoms with Crippen molar-refractivity contribution in [2.75, 3.05) is 64.3 Å². The molecule has 3 amide bonds. The van der Waals surface area contributed by atoms with Gasteiger partial charge in [-0.15, -0.1) is 0 Å². The lowest BCUT2D eigenvalue weighted by Crippen LogP contribution is -2.65. The van der Waals surface area contributed by atoms with E-state index in [-0.39, 0.29) is 28.4 Å². The molecule has 3 fully saturated rings. The fraction of sp³-hybridized carbons (Fsp3) is 0.438. The van der Waals surface area contributed by atoms with Gasteiger partial charge in [-0.1, -0.05) is 84.9 Å². The average Bonchev–Trinajstić information content (AvgIpc) is 3.24. The predicted molar refractivity (Wildman–Crippen MR) is 222 cm³/mol. The maximum atomic E-state index is 14.6. The number of nitrogens with zero attached hydrogens (tertiary/aromatic N) is 3. The SMILES string of the molecule is CCOC(=O)c1cccc(NC(=O)[N+]2(C(=O)c3ccccc3)CCC(CN3CCC(Cc4ccccc4)CC3)(CN3CCC(Cc4ccccc4)CC3)CC2)c1. The molecule has 56 heavy (non-hydrogen) atoms. The van der Waals surface area contributed by atoms with Gasteiger partial charge in [0.25, 0.3) is 0 Å². The first-order chi connectivity index (χ1) is 27.3. The third-order valence-corrected chi connectivity index (χ3v) is 12.7. The summed E-state index contributed by atoms with van der Waals surface area (Å²) < 4.78 is 4.92. The molecule has 0 bridgehead atoms. The van der Waals surface area contributed by atoms with Crippen LogP contribution in [0.4, 0.5) is 10.5 Å². The van der Waals surface area contributed by atoms with Crippen LogP contribution < -0.4 is 5.32 Å². The monoisotopic (exact) mass is 755 g/mol. The maximum absolute atomic E-state index is 14.6. The van der Waals surface area contributed by atoms with Gasteiger partial charge in [0.05, 0.1) is 30.8 Å². The van der Waals surface area contributed by atoms with Gasteiger partial charge in [0.1, 0.15) is 0 Å². The summed E-state index contributed by atoms with van der Waals surface area (Å²) in [6.45, 7) is 9.17. The number of amides is 3. The number of esters is 1. The number of nitrogens with one attached hydrogen (secondary N) is 1. The van der Waals surface area contributed by atoms with Crippen LogP contribution in [0.1, 0.15) is 77.3 Å². The lowest BCUT2D eigenvalue weighted by atomic mass is 9.75. The number of imide groups is 1. The van der Waals surface area contributed by atoms with E-state index in [4.69, 9.17) is 4.74 Å². The molecule has 0 aromatic heterocycles. The lowest BCUT2D eigenvalue weighted by molar-refractivity contribution is -0.774. The second kappa shape index (κ2) is 18.5. The van der Waals surface area contributed by atoms with Crippen LogP contribution in [0.15, 0.2) is 115 Å². The number of hydrogen-bond acceptors (Lipinski definition) is 6. The van der Waals surface area contributed by atoms with E-state index in [9.17, 15) is 14.4 Å². The molecule has 0 aliphatic carbocycles. The van der Waals surface area contributed by atoms with Crippen molar-refractivity contribution in [2.24, 2.45) is 17.3 Å². The largest absolute Gasteiger partial charge is 0.462 e. The highest BCUT2D eigenvalue weighted by Crippen LogP contribution is 2.40. The van der Waals surface area contributed by atoms with Gasteiger partial charge >= 0.3 is 17.9 Å². The van der Waals surface area contributed by atoms with Gasteiger partial charge in [0, 0.05) is 37.0 Å². The molecular weight excluding hydrogens is 697 g/mol. The number of benzene rings is 4. The Morgan fingerprint density at radius 2 is 1.14 bits per heavy atom. The van der Waals surface area contributed by atoms with Crippen LogP contribution in [-0.2, 0) is 17.6 Å². The van der Waals surface area contributed by atoms with E-state index in [0.29, 0.717) is 41.7 Å². The minimum Gasteiger partial charge on any atom is -0.462 e. The Morgan fingerprint density at radius 1 is 0.661 bits per heavy atom. The van der Waals surface area contributed by atoms with E-state index in [1.807, 2.05) is 30.3 Å². The quantitative estimate of drug-likeness (QED) is 0.115. The molecule has 0 saturated carbocycles. The minimum atomic E-state index is -0.441. The number of likely N-dealkylation sites (tertiary alicyclic amines) is 3. The van der Waals surface area contributed by atoms with Crippen molar-refractivity contribution in [3.63, 3.8) is 0 Å². The number of rotatable bonds is 12. The maximum Gasteiger partial charge on any atom is 0.428 e. The highest BCUT2D eigenvalue weighted by Gasteiger charge is 2.53. The average molecular weight is 756 g/mol. The van der Waals surface area contributed by atoms with Crippen molar-refractivity contribution in [2.45, 2.75) is 58.3 Å². The first-order valence-corrected chi connectivity index (χ1v) is 20.9. The zero-order valence-electron chi connectivity index (χ0n) is 33.1. The second-order valence-electron chi connectivity index (χ2n) is 16.6. The minimum absolute atomic E-state index is 0.0403. The summed E-state index contributed by atoms with van der Waals surface area (Å²) in [5.74, 6) is 0.766. The summed E-state index contributed by atoms with van der Waals surface area (Å²) in [5.41, 5.74) is 4.19. The highest BCUT2D eigenvalue weighted by molar-refractivity contribution is 6.00. The molecular formula is C48H59N4O4+. The van der Waals surface area contributed by atoms with Crippen LogP contribution in [0.3, 0.4) is 0 Å². The van der Waals surface area contributed by atoms with Crippen molar-refractivity contribution in [1.82, 2.24) is 9.80 Å². The lowest BCUT2D eigenvalue weighted by Gasteiger charge is -2.49. The summed E-state index contributed by atoms with van der Waals surface area (Å²) in [7, 11) is 0. The second-order valence-corrected chi connectivity index (χ2v) is 16.6. The molecule has 0 unspecified atom stereocenters. The standard InChI is InChI=1S/C48H58N4O4/c1-2-56-46(54)43-19-12-20-44(35-43)49-47(55)52(45(53)42-17-10-5-11-18-42)31-25-48(26-32-52,36-50-27-21-40(22-28-50)33-38-13-6-3-7-14-38)37-51-29-23-41(24-30-51)34-39-15-8-4-9-16-39/h3-20,35,40-41H,2,21-34,36-37H2,1H3/p+1. The topological polar surface area (TPSA) is 78.9 Å². The first-order valence-electron chi connectivity index (χ1n) is 20.9. The van der Waals surface area contributed by atoms with Crippen LogP contribution in [0.25, 0.3) is 0 Å². The summed E-state index contributed by atoms with van der Waals surface area (Å²) >= 11 is 0. The summed E-state index contributed by atoms with van der Waals surface area (Å²) in [5, 5.41) is 3.06. The van der Waals surface area contributed by atoms with Gasteiger partial charge in [-0.05, 0) is 125 Å².